The van der Waals surface area contributed by atoms with E-state index in [2.05, 4.69) is 15.9 Å². The van der Waals surface area contributed by atoms with Crippen LogP contribution in [0.5, 0.6) is 0 Å². The number of rotatable bonds is 4. The molecule has 2 N–H and O–H groups in total. The molecule has 1 aliphatic rings. The number of aliphatic hydroxyl groups excluding tert-OH is 2. The maximum absolute atomic E-state index is 13.6. The summed E-state index contributed by atoms with van der Waals surface area (Å²) in [4.78, 5) is 0. The van der Waals surface area contributed by atoms with E-state index in [9.17, 15) is 14.6 Å². The largest absolute Gasteiger partial charge is 0.390 e. The maximum Gasteiger partial charge on any atom is 0.126 e. The lowest BCUT2D eigenvalue weighted by molar-refractivity contribution is -0.0266. The first-order valence-electron chi connectivity index (χ1n) is 6.88. The Morgan fingerprint density at radius 3 is 2.58 bits per heavy atom. The van der Waals surface area contributed by atoms with Gasteiger partial charge in [0.15, 0.2) is 0 Å². The summed E-state index contributed by atoms with van der Waals surface area (Å²) < 4.78 is 14.4. The molecule has 0 aliphatic heterocycles. The molecule has 0 saturated heterocycles. The van der Waals surface area contributed by atoms with E-state index < -0.39 is 12.2 Å². The molecule has 19 heavy (non-hydrogen) atoms. The minimum atomic E-state index is -0.896. The van der Waals surface area contributed by atoms with E-state index in [1.54, 1.807) is 12.1 Å². The summed E-state index contributed by atoms with van der Waals surface area (Å²) in [6, 6.07) is 4.66. The molecule has 0 heterocycles. The van der Waals surface area contributed by atoms with E-state index in [4.69, 9.17) is 0 Å². The molecule has 4 heteroatoms. The van der Waals surface area contributed by atoms with E-state index in [1.807, 2.05) is 0 Å². The first kappa shape index (κ1) is 14.9. The molecule has 106 valence electrons. The molecule has 1 aromatic rings. The maximum atomic E-state index is 13.6. The van der Waals surface area contributed by atoms with Crippen LogP contribution < -0.4 is 0 Å². The first-order chi connectivity index (χ1) is 9.08. The van der Waals surface area contributed by atoms with Gasteiger partial charge in [0.25, 0.3) is 0 Å². The van der Waals surface area contributed by atoms with Gasteiger partial charge in [0.2, 0.25) is 0 Å². The number of halogens is 2. The zero-order chi connectivity index (χ0) is 13.8. The molecule has 0 amide bonds. The predicted octanol–water partition coefficient (Wildman–Crippen LogP) is 3.43. The number of hydrogen-bond donors (Lipinski definition) is 2. The zero-order valence-electron chi connectivity index (χ0n) is 10.9. The van der Waals surface area contributed by atoms with Crippen molar-refractivity contribution < 1.29 is 14.6 Å². The van der Waals surface area contributed by atoms with E-state index >= 15 is 0 Å². The SMILES string of the molecule is OC(Cc1cc(Br)ccc1F)C(O)C1CCCCC1. The van der Waals surface area contributed by atoms with Crippen LogP contribution in [0.4, 0.5) is 4.39 Å². The highest BCUT2D eigenvalue weighted by molar-refractivity contribution is 9.10. The van der Waals surface area contributed by atoms with Crippen molar-refractivity contribution in [2.24, 2.45) is 5.92 Å². The summed E-state index contributed by atoms with van der Waals surface area (Å²) in [5.41, 5.74) is 0.441. The van der Waals surface area contributed by atoms with Gasteiger partial charge in [-0.1, -0.05) is 35.2 Å². The summed E-state index contributed by atoms with van der Waals surface area (Å²) in [5, 5.41) is 20.3. The Morgan fingerprint density at radius 2 is 1.89 bits per heavy atom. The lowest BCUT2D eigenvalue weighted by Crippen LogP contribution is -2.36. The van der Waals surface area contributed by atoms with Crippen LogP contribution in [-0.2, 0) is 6.42 Å². The Kier molecular flexibility index (Phi) is 5.37. The van der Waals surface area contributed by atoms with E-state index in [0.717, 1.165) is 30.2 Å². The van der Waals surface area contributed by atoms with Crippen molar-refractivity contribution in [3.8, 4) is 0 Å². The van der Waals surface area contributed by atoms with Crippen LogP contribution in [-0.4, -0.2) is 22.4 Å². The van der Waals surface area contributed by atoms with Crippen molar-refractivity contribution in [2.75, 3.05) is 0 Å². The molecule has 2 atom stereocenters. The van der Waals surface area contributed by atoms with Crippen molar-refractivity contribution in [3.05, 3.63) is 34.1 Å². The third-order valence-corrected chi connectivity index (χ3v) is 4.46. The molecule has 1 saturated carbocycles. The third kappa shape index (κ3) is 4.01. The minimum Gasteiger partial charge on any atom is -0.390 e. The Balaban J connectivity index is 1.99. The Morgan fingerprint density at radius 1 is 1.21 bits per heavy atom. The van der Waals surface area contributed by atoms with Crippen LogP contribution in [0.3, 0.4) is 0 Å². The fourth-order valence-electron chi connectivity index (χ4n) is 2.84. The number of hydrogen-bond acceptors (Lipinski definition) is 2. The summed E-state index contributed by atoms with van der Waals surface area (Å²) in [5.74, 6) is -0.183. The van der Waals surface area contributed by atoms with Gasteiger partial charge in [0.05, 0.1) is 12.2 Å². The van der Waals surface area contributed by atoms with Gasteiger partial charge in [-0.2, -0.15) is 0 Å². The van der Waals surface area contributed by atoms with Crippen LogP contribution in [0.25, 0.3) is 0 Å². The van der Waals surface area contributed by atoms with Crippen molar-refractivity contribution in [1.29, 1.82) is 0 Å². The highest BCUT2D eigenvalue weighted by Gasteiger charge is 2.28. The summed E-state index contributed by atoms with van der Waals surface area (Å²) in [7, 11) is 0. The quantitative estimate of drug-likeness (QED) is 0.887. The molecule has 0 radical (unpaired) electrons. The molecule has 0 aromatic heterocycles. The lowest BCUT2D eigenvalue weighted by atomic mass is 9.82. The first-order valence-corrected chi connectivity index (χ1v) is 7.67. The fraction of sp³-hybridized carbons (Fsp3) is 0.600. The van der Waals surface area contributed by atoms with Gasteiger partial charge in [0.1, 0.15) is 5.82 Å². The predicted molar refractivity (Wildman–Crippen MR) is 76.4 cm³/mol. The molecule has 1 aliphatic carbocycles. The van der Waals surface area contributed by atoms with Crippen molar-refractivity contribution in [3.63, 3.8) is 0 Å². The van der Waals surface area contributed by atoms with Crippen LogP contribution in [0, 0.1) is 11.7 Å². The topological polar surface area (TPSA) is 40.5 Å². The molecule has 1 aromatic carbocycles. The van der Waals surface area contributed by atoms with Gasteiger partial charge in [-0.15, -0.1) is 0 Å². The number of benzene rings is 1. The van der Waals surface area contributed by atoms with Crippen molar-refractivity contribution in [2.45, 2.75) is 50.7 Å². The molecular formula is C15H20BrFO2. The zero-order valence-corrected chi connectivity index (χ0v) is 12.4. The van der Waals surface area contributed by atoms with Gasteiger partial charge in [-0.3, -0.25) is 0 Å². The van der Waals surface area contributed by atoms with Crippen molar-refractivity contribution >= 4 is 15.9 Å². The average molecular weight is 331 g/mol. The fourth-order valence-corrected chi connectivity index (χ4v) is 3.24. The summed E-state index contributed by atoms with van der Waals surface area (Å²) >= 11 is 3.29. The van der Waals surface area contributed by atoms with E-state index in [1.165, 1.54) is 12.5 Å². The molecule has 2 nitrogen and oxygen atoms in total. The van der Waals surface area contributed by atoms with E-state index in [0.29, 0.717) is 5.56 Å². The smallest absolute Gasteiger partial charge is 0.126 e. The summed E-state index contributed by atoms with van der Waals surface area (Å²) in [6.07, 6.45) is 3.85. The Bertz CT molecular complexity index is 419. The number of aliphatic hydroxyl groups is 2. The molecule has 0 bridgehead atoms. The molecule has 0 spiro atoms. The van der Waals surface area contributed by atoms with Gasteiger partial charge in [-0.05, 0) is 42.5 Å². The molecule has 1 fully saturated rings. The highest BCUT2D eigenvalue weighted by Crippen LogP contribution is 2.29. The van der Waals surface area contributed by atoms with Gasteiger partial charge in [-0.25, -0.2) is 4.39 Å². The van der Waals surface area contributed by atoms with Gasteiger partial charge < -0.3 is 10.2 Å². The molecule has 2 rings (SSSR count). The summed E-state index contributed by atoms with van der Waals surface area (Å²) in [6.45, 7) is 0. The molecular weight excluding hydrogens is 311 g/mol. The second-order valence-electron chi connectivity index (χ2n) is 5.40. The monoisotopic (exact) mass is 330 g/mol. The average Bonchev–Trinajstić information content (AvgIpc) is 2.43. The Hall–Kier alpha value is -0.450. The second kappa shape index (κ2) is 6.82. The van der Waals surface area contributed by atoms with Crippen LogP contribution in [0.15, 0.2) is 22.7 Å². The normalized spacial score (nSPS) is 20.2. The molecule has 2 unspecified atom stereocenters. The van der Waals surface area contributed by atoms with Gasteiger partial charge >= 0.3 is 0 Å². The standard InChI is InChI=1S/C15H20BrFO2/c16-12-6-7-13(17)11(8-12)9-14(18)15(19)10-4-2-1-3-5-10/h6-8,10,14-15,18-19H,1-5,9H2. The van der Waals surface area contributed by atoms with Gasteiger partial charge in [0, 0.05) is 10.9 Å². The highest BCUT2D eigenvalue weighted by atomic mass is 79.9. The third-order valence-electron chi connectivity index (χ3n) is 3.96. The minimum absolute atomic E-state index is 0.152. The Labute approximate surface area is 121 Å². The van der Waals surface area contributed by atoms with Crippen LogP contribution >= 0.6 is 15.9 Å². The van der Waals surface area contributed by atoms with Crippen LogP contribution in [0.2, 0.25) is 0 Å². The van der Waals surface area contributed by atoms with Crippen LogP contribution in [0.1, 0.15) is 37.7 Å². The second-order valence-corrected chi connectivity index (χ2v) is 6.31. The van der Waals surface area contributed by atoms with Crippen molar-refractivity contribution in [1.82, 2.24) is 0 Å². The lowest BCUT2D eigenvalue weighted by Gasteiger charge is -2.29. The van der Waals surface area contributed by atoms with E-state index in [-0.39, 0.29) is 18.2 Å².